The molecule has 2 heterocycles. The van der Waals surface area contributed by atoms with Gasteiger partial charge in [0.05, 0.1) is 5.56 Å². The number of fused-ring (bicyclic) bond motifs is 1. The van der Waals surface area contributed by atoms with Gasteiger partial charge < -0.3 is 10.4 Å². The van der Waals surface area contributed by atoms with E-state index in [0.29, 0.717) is 17.6 Å². The molecule has 4 heteroatoms. The molecular weight excluding hydrogens is 240 g/mol. The number of carboxylic acids is 1. The lowest BCUT2D eigenvalue weighted by atomic mass is 10.1. The Labute approximate surface area is 113 Å². The Balaban J connectivity index is 1.60. The first-order valence-corrected chi connectivity index (χ1v) is 7.04. The molecule has 0 bridgehead atoms. The minimum Gasteiger partial charge on any atom is -0.478 e. The molecule has 2 atom stereocenters. The first-order valence-electron chi connectivity index (χ1n) is 7.04. The van der Waals surface area contributed by atoms with Crippen molar-refractivity contribution >= 4 is 5.97 Å². The van der Waals surface area contributed by atoms with Gasteiger partial charge in [-0.1, -0.05) is 12.1 Å². The summed E-state index contributed by atoms with van der Waals surface area (Å²) in [7, 11) is 0. The number of carbonyl (C=O) groups is 1. The number of nitrogens with zero attached hydrogens (tertiary/aromatic N) is 1. The maximum absolute atomic E-state index is 10.9. The number of hydrogen-bond acceptors (Lipinski definition) is 3. The Morgan fingerprint density at radius 1 is 1.37 bits per heavy atom. The maximum Gasteiger partial charge on any atom is 0.335 e. The Kier molecular flexibility index (Phi) is 3.53. The van der Waals surface area contributed by atoms with Gasteiger partial charge in [0.25, 0.3) is 0 Å². The fraction of sp³-hybridized carbons (Fsp3) is 0.533. The van der Waals surface area contributed by atoms with Crippen molar-refractivity contribution in [2.24, 2.45) is 0 Å². The fourth-order valence-corrected chi connectivity index (χ4v) is 3.38. The van der Waals surface area contributed by atoms with Crippen LogP contribution in [0.25, 0.3) is 0 Å². The second-order valence-electron chi connectivity index (χ2n) is 5.53. The molecule has 2 saturated heterocycles. The van der Waals surface area contributed by atoms with E-state index in [1.807, 2.05) is 12.1 Å². The smallest absolute Gasteiger partial charge is 0.335 e. The number of nitrogens with one attached hydrogen (secondary N) is 1. The highest BCUT2D eigenvalue weighted by atomic mass is 16.4. The van der Waals surface area contributed by atoms with Gasteiger partial charge in [0.1, 0.15) is 0 Å². The molecule has 0 amide bonds. The van der Waals surface area contributed by atoms with E-state index in [-0.39, 0.29) is 0 Å². The predicted molar refractivity (Wildman–Crippen MR) is 73.2 cm³/mol. The quantitative estimate of drug-likeness (QED) is 0.865. The number of aromatic carboxylic acids is 1. The van der Waals surface area contributed by atoms with Gasteiger partial charge in [-0.2, -0.15) is 0 Å². The molecule has 2 aliphatic rings. The molecule has 2 aliphatic heterocycles. The largest absolute Gasteiger partial charge is 0.478 e. The zero-order valence-electron chi connectivity index (χ0n) is 11.0. The third-order valence-electron chi connectivity index (χ3n) is 4.35. The third-order valence-corrected chi connectivity index (χ3v) is 4.35. The van der Waals surface area contributed by atoms with Crippen molar-refractivity contribution in [2.75, 3.05) is 13.1 Å². The number of carboxylic acid groups (broad SMARTS) is 1. The van der Waals surface area contributed by atoms with Gasteiger partial charge >= 0.3 is 5.97 Å². The molecular formula is C15H20N2O2. The van der Waals surface area contributed by atoms with Crippen molar-refractivity contribution in [3.8, 4) is 0 Å². The molecule has 0 saturated carbocycles. The number of rotatable bonds is 4. The molecule has 0 spiro atoms. The highest BCUT2D eigenvalue weighted by molar-refractivity contribution is 5.87. The van der Waals surface area contributed by atoms with E-state index >= 15 is 0 Å². The minimum absolute atomic E-state index is 0.369. The monoisotopic (exact) mass is 260 g/mol. The summed E-state index contributed by atoms with van der Waals surface area (Å²) < 4.78 is 0. The molecule has 3 rings (SSSR count). The van der Waals surface area contributed by atoms with Crippen LogP contribution in [0.2, 0.25) is 0 Å². The average Bonchev–Trinajstić information content (AvgIpc) is 3.00. The summed E-state index contributed by atoms with van der Waals surface area (Å²) in [5.41, 5.74) is 1.42. The van der Waals surface area contributed by atoms with Gasteiger partial charge in [-0.25, -0.2) is 4.79 Å². The van der Waals surface area contributed by atoms with E-state index in [0.717, 1.165) is 12.1 Å². The minimum atomic E-state index is -0.857. The molecule has 0 aliphatic carbocycles. The van der Waals surface area contributed by atoms with Gasteiger partial charge in [0, 0.05) is 25.2 Å². The molecule has 0 aromatic heterocycles. The standard InChI is InChI=1S/C15H20N2O2/c18-15(19)12-4-1-3-11(9-12)10-16-13-6-8-17-7-2-5-14(13)17/h1,3-4,9,13-14,16H,2,5-8,10H2,(H,18,19). The lowest BCUT2D eigenvalue weighted by Crippen LogP contribution is -2.38. The highest BCUT2D eigenvalue weighted by Gasteiger charge is 2.36. The Morgan fingerprint density at radius 3 is 3.11 bits per heavy atom. The fourth-order valence-electron chi connectivity index (χ4n) is 3.38. The van der Waals surface area contributed by atoms with Crippen molar-refractivity contribution in [3.05, 3.63) is 35.4 Å². The van der Waals surface area contributed by atoms with E-state index in [1.165, 1.54) is 32.4 Å². The van der Waals surface area contributed by atoms with Crippen molar-refractivity contribution in [1.82, 2.24) is 10.2 Å². The van der Waals surface area contributed by atoms with Crippen LogP contribution < -0.4 is 5.32 Å². The average molecular weight is 260 g/mol. The van der Waals surface area contributed by atoms with Crippen LogP contribution in [0.15, 0.2) is 24.3 Å². The van der Waals surface area contributed by atoms with Crippen LogP contribution in [0.3, 0.4) is 0 Å². The van der Waals surface area contributed by atoms with Crippen LogP contribution in [0.5, 0.6) is 0 Å². The van der Waals surface area contributed by atoms with Gasteiger partial charge in [0.2, 0.25) is 0 Å². The maximum atomic E-state index is 10.9. The number of hydrogen-bond donors (Lipinski definition) is 2. The highest BCUT2D eigenvalue weighted by Crippen LogP contribution is 2.28. The molecule has 1 aromatic rings. The summed E-state index contributed by atoms with van der Waals surface area (Å²) >= 11 is 0. The van der Waals surface area contributed by atoms with Crippen molar-refractivity contribution in [1.29, 1.82) is 0 Å². The normalized spacial score (nSPS) is 26.5. The summed E-state index contributed by atoms with van der Waals surface area (Å²) in [6.07, 6.45) is 3.83. The van der Waals surface area contributed by atoms with E-state index in [1.54, 1.807) is 12.1 Å². The van der Waals surface area contributed by atoms with Crippen LogP contribution >= 0.6 is 0 Å². The predicted octanol–water partition coefficient (Wildman–Crippen LogP) is 1.71. The summed E-state index contributed by atoms with van der Waals surface area (Å²) in [5, 5.41) is 12.6. The lowest BCUT2D eigenvalue weighted by molar-refractivity contribution is 0.0696. The van der Waals surface area contributed by atoms with Crippen LogP contribution in [0, 0.1) is 0 Å². The molecule has 19 heavy (non-hydrogen) atoms. The first kappa shape index (κ1) is 12.6. The van der Waals surface area contributed by atoms with E-state index in [4.69, 9.17) is 5.11 Å². The van der Waals surface area contributed by atoms with Gasteiger partial charge in [-0.3, -0.25) is 4.90 Å². The Bertz CT molecular complexity index is 475. The molecule has 2 N–H and O–H groups in total. The van der Waals surface area contributed by atoms with Gasteiger partial charge in [0.15, 0.2) is 0 Å². The van der Waals surface area contributed by atoms with Crippen molar-refractivity contribution < 1.29 is 9.90 Å². The van der Waals surface area contributed by atoms with Crippen molar-refractivity contribution in [2.45, 2.75) is 37.9 Å². The van der Waals surface area contributed by atoms with Crippen LogP contribution in [-0.2, 0) is 6.54 Å². The van der Waals surface area contributed by atoms with Crippen molar-refractivity contribution in [3.63, 3.8) is 0 Å². The zero-order valence-corrected chi connectivity index (χ0v) is 11.0. The Morgan fingerprint density at radius 2 is 2.26 bits per heavy atom. The SMILES string of the molecule is O=C(O)c1cccc(CNC2CCN3CCCC23)c1. The third kappa shape index (κ3) is 2.65. The lowest BCUT2D eigenvalue weighted by Gasteiger charge is -2.21. The van der Waals surface area contributed by atoms with Crippen LogP contribution in [-0.4, -0.2) is 41.1 Å². The van der Waals surface area contributed by atoms with Gasteiger partial charge in [-0.15, -0.1) is 0 Å². The molecule has 102 valence electrons. The molecule has 2 unspecified atom stereocenters. The molecule has 4 nitrogen and oxygen atoms in total. The Hall–Kier alpha value is -1.39. The molecule has 2 fully saturated rings. The number of benzene rings is 1. The second-order valence-corrected chi connectivity index (χ2v) is 5.53. The van der Waals surface area contributed by atoms with Crippen LogP contribution in [0.4, 0.5) is 0 Å². The van der Waals surface area contributed by atoms with E-state index in [9.17, 15) is 4.79 Å². The molecule has 0 radical (unpaired) electrons. The summed E-state index contributed by atoms with van der Waals surface area (Å²) in [6, 6.07) is 8.47. The zero-order chi connectivity index (χ0) is 13.2. The van der Waals surface area contributed by atoms with E-state index < -0.39 is 5.97 Å². The summed E-state index contributed by atoms with van der Waals surface area (Å²) in [5.74, 6) is -0.857. The topological polar surface area (TPSA) is 52.6 Å². The van der Waals surface area contributed by atoms with Crippen LogP contribution in [0.1, 0.15) is 35.2 Å². The van der Waals surface area contributed by atoms with E-state index in [2.05, 4.69) is 10.2 Å². The van der Waals surface area contributed by atoms with Gasteiger partial charge in [-0.05, 0) is 43.5 Å². The first-order chi connectivity index (χ1) is 9.24. The second kappa shape index (κ2) is 5.31. The summed E-state index contributed by atoms with van der Waals surface area (Å²) in [6.45, 7) is 3.21. The molecule has 1 aromatic carbocycles. The summed E-state index contributed by atoms with van der Waals surface area (Å²) in [4.78, 5) is 13.5.